The summed E-state index contributed by atoms with van der Waals surface area (Å²) in [6.45, 7) is 0. The van der Waals surface area contributed by atoms with E-state index in [2.05, 4.69) is 0 Å². The van der Waals surface area contributed by atoms with Crippen LogP contribution in [0.2, 0.25) is 0 Å². The number of anilines is 1. The lowest BCUT2D eigenvalue weighted by Gasteiger charge is -2.34. The lowest BCUT2D eigenvalue weighted by molar-refractivity contribution is -0.233. The molecule has 0 aromatic heterocycles. The van der Waals surface area contributed by atoms with Crippen LogP contribution in [0.25, 0.3) is 0 Å². The fourth-order valence-corrected chi connectivity index (χ4v) is 4.46. The van der Waals surface area contributed by atoms with Crippen molar-refractivity contribution < 1.29 is 27.5 Å². The van der Waals surface area contributed by atoms with Gasteiger partial charge in [0.25, 0.3) is 5.91 Å². The summed E-state index contributed by atoms with van der Waals surface area (Å²) < 4.78 is 46.8. The largest absolute Gasteiger partial charge is 0.497 e. The molecule has 126 valence electrons. The number of allylic oxidation sites excluding steroid dienone is 2. The lowest BCUT2D eigenvalue weighted by atomic mass is 9.69. The maximum absolute atomic E-state index is 13.9. The zero-order valence-electron chi connectivity index (χ0n) is 12.7. The summed E-state index contributed by atoms with van der Waals surface area (Å²) in [6.07, 6.45) is -1.48. The maximum atomic E-state index is 13.9. The normalized spacial score (nSPS) is 34.2. The van der Waals surface area contributed by atoms with Crippen LogP contribution in [0, 0.1) is 23.2 Å². The first-order chi connectivity index (χ1) is 11.3. The van der Waals surface area contributed by atoms with E-state index in [0.717, 1.165) is 0 Å². The van der Waals surface area contributed by atoms with Crippen molar-refractivity contribution in [2.75, 3.05) is 12.0 Å². The number of alkyl halides is 3. The number of hydrogen-bond acceptors (Lipinski definition) is 3. The molecule has 2 bridgehead atoms. The quantitative estimate of drug-likeness (QED) is 0.616. The average Bonchev–Trinajstić information content (AvgIpc) is 3.19. The lowest BCUT2D eigenvalue weighted by Crippen LogP contribution is -2.51. The minimum atomic E-state index is -4.77. The molecule has 24 heavy (non-hydrogen) atoms. The molecule has 7 heteroatoms. The van der Waals surface area contributed by atoms with Crippen molar-refractivity contribution >= 4 is 17.5 Å². The smallest absolute Gasteiger partial charge is 0.404 e. The SMILES string of the molecule is COc1ccc(N2C(=O)[C@H]3[C@@H]4C=C[C@H](C4)[C@]3(C(F)(F)F)C2=O)cc1. The van der Waals surface area contributed by atoms with Gasteiger partial charge < -0.3 is 4.74 Å². The van der Waals surface area contributed by atoms with E-state index in [0.29, 0.717) is 10.6 Å². The van der Waals surface area contributed by atoms with E-state index in [9.17, 15) is 22.8 Å². The van der Waals surface area contributed by atoms with E-state index in [1.165, 1.54) is 37.5 Å². The minimum absolute atomic E-state index is 0.142. The molecule has 1 saturated heterocycles. The Hall–Kier alpha value is -2.31. The number of halogens is 3. The zero-order chi connectivity index (χ0) is 17.3. The Bertz CT molecular complexity index is 755. The maximum Gasteiger partial charge on any atom is 0.404 e. The van der Waals surface area contributed by atoms with Crippen LogP contribution in [0.15, 0.2) is 36.4 Å². The predicted octanol–water partition coefficient (Wildman–Crippen LogP) is 2.94. The summed E-state index contributed by atoms with van der Waals surface area (Å²) in [5.41, 5.74) is -2.48. The predicted molar refractivity (Wildman–Crippen MR) is 78.2 cm³/mol. The summed E-state index contributed by atoms with van der Waals surface area (Å²) in [5, 5.41) is 0. The molecule has 2 amide bonds. The first-order valence-electron chi connectivity index (χ1n) is 7.60. The Kier molecular flexibility index (Phi) is 2.93. The summed E-state index contributed by atoms with van der Waals surface area (Å²) in [6, 6.07) is 5.87. The molecule has 1 aliphatic heterocycles. The summed E-state index contributed by atoms with van der Waals surface area (Å²) in [4.78, 5) is 26.3. The molecule has 2 aliphatic carbocycles. The highest BCUT2D eigenvalue weighted by atomic mass is 19.4. The number of carbonyl (C=O) groups is 2. The number of hydrogen-bond donors (Lipinski definition) is 0. The number of nitrogens with zero attached hydrogens (tertiary/aromatic N) is 1. The molecule has 0 spiro atoms. The first kappa shape index (κ1) is 15.2. The Morgan fingerprint density at radius 2 is 1.83 bits per heavy atom. The third kappa shape index (κ3) is 1.59. The van der Waals surface area contributed by atoms with Gasteiger partial charge in [-0.05, 0) is 36.6 Å². The van der Waals surface area contributed by atoms with Crippen molar-refractivity contribution in [3.8, 4) is 5.75 Å². The Balaban J connectivity index is 1.83. The van der Waals surface area contributed by atoms with Crippen molar-refractivity contribution in [2.24, 2.45) is 23.2 Å². The number of imide groups is 1. The van der Waals surface area contributed by atoms with Gasteiger partial charge >= 0.3 is 6.18 Å². The van der Waals surface area contributed by atoms with Gasteiger partial charge in [0, 0.05) is 5.92 Å². The topological polar surface area (TPSA) is 46.6 Å². The number of rotatable bonds is 2. The second-order valence-electron chi connectivity index (χ2n) is 6.41. The molecular weight excluding hydrogens is 323 g/mol. The molecule has 4 nitrogen and oxygen atoms in total. The van der Waals surface area contributed by atoms with Gasteiger partial charge in [-0.25, -0.2) is 4.90 Å². The van der Waals surface area contributed by atoms with Gasteiger partial charge in [0.05, 0.1) is 18.7 Å². The van der Waals surface area contributed by atoms with E-state index >= 15 is 0 Å². The third-order valence-corrected chi connectivity index (χ3v) is 5.46. The minimum Gasteiger partial charge on any atom is -0.497 e. The van der Waals surface area contributed by atoms with Crippen LogP contribution in [0.5, 0.6) is 5.75 Å². The Morgan fingerprint density at radius 3 is 2.38 bits per heavy atom. The molecular formula is C17H14F3NO3. The third-order valence-electron chi connectivity index (χ3n) is 5.46. The highest BCUT2D eigenvalue weighted by molar-refractivity contribution is 6.24. The molecule has 2 fully saturated rings. The number of ether oxygens (including phenoxy) is 1. The summed E-state index contributed by atoms with van der Waals surface area (Å²) in [5.74, 6) is -4.29. The van der Waals surface area contributed by atoms with Crippen LogP contribution in [0.4, 0.5) is 18.9 Å². The first-order valence-corrected chi connectivity index (χ1v) is 7.60. The van der Waals surface area contributed by atoms with Crippen molar-refractivity contribution in [1.29, 1.82) is 0 Å². The standard InChI is InChI=1S/C17H14F3NO3/c1-24-12-6-4-11(5-7-12)21-14(22)13-9-2-3-10(8-9)16(13,15(21)23)17(18,19)20/h2-7,9-10,13H,8H2,1H3/t9-,10-,13-,16-/m1/s1. The van der Waals surface area contributed by atoms with E-state index in [-0.39, 0.29) is 12.1 Å². The van der Waals surface area contributed by atoms with Crippen molar-refractivity contribution in [1.82, 2.24) is 0 Å². The molecule has 1 aromatic carbocycles. The number of benzene rings is 1. The molecule has 4 rings (SSSR count). The van der Waals surface area contributed by atoms with Crippen LogP contribution in [0.3, 0.4) is 0 Å². The highest BCUT2D eigenvalue weighted by Crippen LogP contribution is 2.67. The number of fused-ring (bicyclic) bond motifs is 5. The molecule has 1 saturated carbocycles. The molecule has 4 atom stereocenters. The molecule has 0 radical (unpaired) electrons. The average molecular weight is 337 g/mol. The molecule has 1 heterocycles. The Labute approximate surface area is 135 Å². The van der Waals surface area contributed by atoms with Crippen LogP contribution in [-0.2, 0) is 9.59 Å². The van der Waals surface area contributed by atoms with Gasteiger partial charge in [0.1, 0.15) is 5.75 Å². The van der Waals surface area contributed by atoms with Gasteiger partial charge in [0.2, 0.25) is 5.91 Å². The Morgan fingerprint density at radius 1 is 1.17 bits per heavy atom. The number of carbonyl (C=O) groups excluding carboxylic acids is 2. The van der Waals surface area contributed by atoms with E-state index < -0.39 is 41.2 Å². The fourth-order valence-electron chi connectivity index (χ4n) is 4.46. The molecule has 1 aromatic rings. The summed E-state index contributed by atoms with van der Waals surface area (Å²) >= 11 is 0. The monoisotopic (exact) mass is 337 g/mol. The van der Waals surface area contributed by atoms with E-state index in [1.807, 2.05) is 0 Å². The van der Waals surface area contributed by atoms with Gasteiger partial charge in [-0.1, -0.05) is 12.2 Å². The second kappa shape index (κ2) is 4.62. The number of amides is 2. The van der Waals surface area contributed by atoms with Crippen LogP contribution >= 0.6 is 0 Å². The van der Waals surface area contributed by atoms with Gasteiger partial charge in [-0.2, -0.15) is 13.2 Å². The van der Waals surface area contributed by atoms with Crippen LogP contribution in [0.1, 0.15) is 6.42 Å². The van der Waals surface area contributed by atoms with Crippen molar-refractivity contribution in [3.63, 3.8) is 0 Å². The molecule has 0 N–H and O–H groups in total. The molecule has 3 aliphatic rings. The van der Waals surface area contributed by atoms with Crippen molar-refractivity contribution in [2.45, 2.75) is 12.6 Å². The van der Waals surface area contributed by atoms with Crippen molar-refractivity contribution in [3.05, 3.63) is 36.4 Å². The van der Waals surface area contributed by atoms with Crippen LogP contribution < -0.4 is 9.64 Å². The highest BCUT2D eigenvalue weighted by Gasteiger charge is 2.80. The van der Waals surface area contributed by atoms with Crippen LogP contribution in [-0.4, -0.2) is 25.1 Å². The molecule has 0 unspecified atom stereocenters. The van der Waals surface area contributed by atoms with Gasteiger partial charge in [0.15, 0.2) is 5.41 Å². The zero-order valence-corrected chi connectivity index (χ0v) is 12.7. The van der Waals surface area contributed by atoms with Gasteiger partial charge in [-0.3, -0.25) is 9.59 Å². The summed E-state index contributed by atoms with van der Waals surface area (Å²) in [7, 11) is 1.45. The second-order valence-corrected chi connectivity index (χ2v) is 6.41. The van der Waals surface area contributed by atoms with E-state index in [1.54, 1.807) is 6.08 Å². The number of methoxy groups -OCH3 is 1. The fraction of sp³-hybridized carbons (Fsp3) is 0.412. The van der Waals surface area contributed by atoms with E-state index in [4.69, 9.17) is 4.74 Å². The van der Waals surface area contributed by atoms with Gasteiger partial charge in [-0.15, -0.1) is 0 Å².